The highest BCUT2D eigenvalue weighted by Crippen LogP contribution is 2.29. The van der Waals surface area contributed by atoms with E-state index < -0.39 is 0 Å². The second-order valence-corrected chi connectivity index (χ2v) is 7.59. The Bertz CT molecular complexity index is 929. The van der Waals surface area contributed by atoms with Crippen molar-refractivity contribution in [2.24, 2.45) is 9.98 Å². The molecule has 3 rings (SSSR count). The first-order valence-electron chi connectivity index (χ1n) is 11.2. The number of aliphatic hydroxyl groups excluding tert-OH is 2. The van der Waals surface area contributed by atoms with Crippen molar-refractivity contribution in [3.8, 4) is 11.1 Å². The summed E-state index contributed by atoms with van der Waals surface area (Å²) in [5.41, 5.74) is 5.05. The second kappa shape index (κ2) is 17.1. The lowest BCUT2D eigenvalue weighted by Crippen LogP contribution is -2.00. The Labute approximate surface area is 200 Å². The third kappa shape index (κ3) is 10.9. The molecule has 1 aliphatic rings. The van der Waals surface area contributed by atoms with Crippen LogP contribution in [0.3, 0.4) is 0 Å². The third-order valence-corrected chi connectivity index (χ3v) is 4.91. The van der Waals surface area contributed by atoms with E-state index in [4.69, 9.17) is 14.9 Å². The number of unbranched alkanes of at least 4 members (excludes halogenated alkanes) is 1. The van der Waals surface area contributed by atoms with Crippen LogP contribution >= 0.6 is 0 Å². The van der Waals surface area contributed by atoms with E-state index in [0.29, 0.717) is 24.4 Å². The van der Waals surface area contributed by atoms with Crippen molar-refractivity contribution in [3.63, 3.8) is 0 Å². The normalized spacial score (nSPS) is 12.3. The first-order chi connectivity index (χ1) is 16.5. The molecule has 0 saturated carbocycles. The van der Waals surface area contributed by atoms with E-state index >= 15 is 0 Å². The monoisotopic (exact) mass is 468 g/mol. The Balaban J connectivity index is 0.000000338. The number of carbonyl (C=O) groups is 1. The van der Waals surface area contributed by atoms with Crippen molar-refractivity contribution in [1.29, 1.82) is 0 Å². The Morgan fingerprint density at radius 3 is 1.74 bits per heavy atom. The molecule has 1 aliphatic heterocycles. The highest BCUT2D eigenvalue weighted by molar-refractivity contribution is 5.71. The topological polar surface area (TPSA) is 126 Å². The first kappa shape index (κ1) is 28.6. The summed E-state index contributed by atoms with van der Waals surface area (Å²) in [7, 11) is 0. The largest absolute Gasteiger partial charge is 0.466 e. The van der Waals surface area contributed by atoms with Crippen molar-refractivity contribution < 1.29 is 29.3 Å². The number of esters is 1. The fourth-order valence-electron chi connectivity index (χ4n) is 3.05. The van der Waals surface area contributed by atoms with Gasteiger partial charge in [0.25, 0.3) is 0 Å². The molecule has 0 atom stereocenters. The molecule has 2 N–H and O–H groups in total. The average Bonchev–Trinajstić information content (AvgIpc) is 3.09. The number of aliphatic imine (C=N–C) groups is 2. The molecule has 8 nitrogen and oxygen atoms in total. The van der Waals surface area contributed by atoms with Gasteiger partial charge in [-0.05, 0) is 92.5 Å². The molecule has 0 amide bonds. The predicted octanol–water partition coefficient (Wildman–Crippen LogP) is 4.76. The lowest BCUT2D eigenvalue weighted by molar-refractivity contribution is -0.142. The zero-order valence-corrected chi connectivity index (χ0v) is 19.7. The van der Waals surface area contributed by atoms with Gasteiger partial charge in [-0.3, -0.25) is 4.79 Å². The molecular formula is C26H32N2O6. The Kier molecular flexibility index (Phi) is 14.4. The molecule has 34 heavy (non-hydrogen) atoms. The summed E-state index contributed by atoms with van der Waals surface area (Å²) in [6.45, 7) is 4.80. The van der Waals surface area contributed by atoms with Crippen LogP contribution in [-0.4, -0.2) is 48.2 Å². The molecule has 8 heteroatoms. The van der Waals surface area contributed by atoms with E-state index in [9.17, 15) is 14.4 Å². The van der Waals surface area contributed by atoms with Crippen LogP contribution in [0.5, 0.6) is 0 Å². The van der Waals surface area contributed by atoms with Crippen LogP contribution in [0, 0.1) is 13.8 Å². The molecule has 182 valence electrons. The van der Waals surface area contributed by atoms with Crippen LogP contribution in [-0.2, 0) is 19.1 Å². The van der Waals surface area contributed by atoms with Gasteiger partial charge in [-0.1, -0.05) is 12.1 Å². The summed E-state index contributed by atoms with van der Waals surface area (Å²) in [4.78, 5) is 38.3. The number of benzene rings is 2. The maximum atomic E-state index is 10.5. The molecule has 1 fully saturated rings. The molecule has 0 bridgehead atoms. The minimum absolute atomic E-state index is 0.0255. The number of cyclic esters (lactones) is 1. The zero-order valence-electron chi connectivity index (χ0n) is 19.7. The van der Waals surface area contributed by atoms with Gasteiger partial charge in [0.15, 0.2) is 0 Å². The summed E-state index contributed by atoms with van der Waals surface area (Å²) in [6, 6.07) is 11.2. The van der Waals surface area contributed by atoms with E-state index in [0.717, 1.165) is 54.4 Å². The zero-order chi connectivity index (χ0) is 25.2. The molecule has 0 aromatic heterocycles. The van der Waals surface area contributed by atoms with E-state index in [1.54, 1.807) is 24.3 Å². The van der Waals surface area contributed by atoms with Gasteiger partial charge in [0.05, 0.1) is 18.0 Å². The number of ether oxygens (including phenoxy) is 1. The highest BCUT2D eigenvalue weighted by atomic mass is 16.5. The van der Waals surface area contributed by atoms with Crippen molar-refractivity contribution in [2.75, 3.05) is 19.8 Å². The number of aliphatic hydroxyl groups is 2. The minimum atomic E-state index is -0.0255. The van der Waals surface area contributed by atoms with E-state index in [2.05, 4.69) is 9.98 Å². The van der Waals surface area contributed by atoms with Crippen molar-refractivity contribution in [1.82, 2.24) is 0 Å². The smallest absolute Gasteiger partial charge is 0.305 e. The number of nitrogens with zero attached hydrogens (tertiary/aromatic N) is 2. The van der Waals surface area contributed by atoms with Crippen LogP contribution in [0.4, 0.5) is 11.4 Å². The third-order valence-electron chi connectivity index (χ3n) is 4.91. The van der Waals surface area contributed by atoms with E-state index in [1.165, 1.54) is 0 Å². The Morgan fingerprint density at radius 1 is 0.824 bits per heavy atom. The van der Waals surface area contributed by atoms with Gasteiger partial charge in [0, 0.05) is 19.6 Å². The predicted molar refractivity (Wildman–Crippen MR) is 130 cm³/mol. The molecule has 1 saturated heterocycles. The number of hydrogen-bond donors (Lipinski definition) is 2. The van der Waals surface area contributed by atoms with Crippen molar-refractivity contribution >= 4 is 29.5 Å². The molecule has 0 unspecified atom stereocenters. The summed E-state index contributed by atoms with van der Waals surface area (Å²) < 4.78 is 4.76. The van der Waals surface area contributed by atoms with Gasteiger partial charge >= 0.3 is 5.97 Å². The number of aryl methyl sites for hydroxylation is 2. The summed E-state index contributed by atoms with van der Waals surface area (Å²) >= 11 is 0. The highest BCUT2D eigenvalue weighted by Gasteiger charge is 2.06. The van der Waals surface area contributed by atoms with Gasteiger partial charge in [0.2, 0.25) is 12.2 Å². The van der Waals surface area contributed by atoms with Gasteiger partial charge in [-0.2, -0.15) is 9.98 Å². The standard InChI is InChI=1S/C16H12N2O2.C6H10O2.C4H10O2/c1-11-7-13(3-5-15(11)17-9-19)14-4-6-16(18-10-20)12(2)8-14;7-6-4-2-1-3-5-8-6;5-3-1-2-4-6/h3-8H,1-2H3;1-5H2;5-6H,1-4H2. The molecular weight excluding hydrogens is 436 g/mol. The maximum absolute atomic E-state index is 10.5. The lowest BCUT2D eigenvalue weighted by Gasteiger charge is -2.07. The van der Waals surface area contributed by atoms with Crippen molar-refractivity contribution in [3.05, 3.63) is 47.5 Å². The Morgan fingerprint density at radius 2 is 1.32 bits per heavy atom. The second-order valence-electron chi connectivity index (χ2n) is 7.59. The lowest BCUT2D eigenvalue weighted by atomic mass is 10.00. The summed E-state index contributed by atoms with van der Waals surface area (Å²) in [5, 5.41) is 16.2. The van der Waals surface area contributed by atoms with Gasteiger partial charge in [-0.25, -0.2) is 9.59 Å². The van der Waals surface area contributed by atoms with Crippen LogP contribution in [0.15, 0.2) is 46.4 Å². The van der Waals surface area contributed by atoms with Crippen LogP contribution < -0.4 is 0 Å². The van der Waals surface area contributed by atoms with Gasteiger partial charge in [0.1, 0.15) is 0 Å². The molecule has 0 spiro atoms. The number of hydrogen-bond acceptors (Lipinski definition) is 8. The summed E-state index contributed by atoms with van der Waals surface area (Å²) in [5.74, 6) is -0.0255. The molecule has 2 aromatic carbocycles. The molecule has 2 aromatic rings. The fraction of sp³-hybridized carbons (Fsp3) is 0.423. The number of carbonyl (C=O) groups excluding carboxylic acids is 3. The van der Waals surface area contributed by atoms with E-state index in [1.807, 2.05) is 38.1 Å². The van der Waals surface area contributed by atoms with Crippen LogP contribution in [0.25, 0.3) is 11.1 Å². The van der Waals surface area contributed by atoms with Crippen LogP contribution in [0.2, 0.25) is 0 Å². The number of rotatable bonds is 6. The molecule has 1 heterocycles. The van der Waals surface area contributed by atoms with Gasteiger partial charge in [-0.15, -0.1) is 0 Å². The van der Waals surface area contributed by atoms with Gasteiger partial charge < -0.3 is 14.9 Å². The average molecular weight is 469 g/mol. The van der Waals surface area contributed by atoms with Crippen molar-refractivity contribution in [2.45, 2.75) is 52.4 Å². The van der Waals surface area contributed by atoms with E-state index in [-0.39, 0.29) is 19.2 Å². The SMILES string of the molecule is Cc1cc(-c2ccc(N=C=O)c(C)c2)ccc1N=C=O.O=C1CCCCCO1.OCCCCO. The molecule has 0 radical (unpaired) electrons. The maximum Gasteiger partial charge on any atom is 0.305 e. The fourth-order valence-corrected chi connectivity index (χ4v) is 3.05. The number of isocyanates is 2. The molecule has 0 aliphatic carbocycles. The Hall–Kier alpha value is -3.41. The quantitative estimate of drug-likeness (QED) is 0.272. The summed E-state index contributed by atoms with van der Waals surface area (Å²) in [6.07, 6.45) is 8.35. The first-order valence-corrected chi connectivity index (χ1v) is 11.2. The minimum Gasteiger partial charge on any atom is -0.466 e. The van der Waals surface area contributed by atoms with Crippen LogP contribution in [0.1, 0.15) is 49.7 Å².